The van der Waals surface area contributed by atoms with Crippen LogP contribution < -0.4 is 5.32 Å². The Hall–Kier alpha value is -2.60. The molecule has 5 nitrogen and oxygen atoms in total. The van der Waals surface area contributed by atoms with Crippen LogP contribution in [0.2, 0.25) is 0 Å². The zero-order chi connectivity index (χ0) is 17.8. The van der Waals surface area contributed by atoms with Gasteiger partial charge in [0.2, 0.25) is 5.91 Å². The molecule has 0 bridgehead atoms. The summed E-state index contributed by atoms with van der Waals surface area (Å²) in [6, 6.07) is 15.9. The Labute approximate surface area is 151 Å². The first-order valence-corrected chi connectivity index (χ1v) is 8.98. The molecule has 1 heterocycles. The van der Waals surface area contributed by atoms with Gasteiger partial charge in [0.25, 0.3) is 0 Å². The molecule has 2 aromatic carbocycles. The molecule has 3 aromatic rings. The maximum absolute atomic E-state index is 12.3. The summed E-state index contributed by atoms with van der Waals surface area (Å²) >= 11 is 1.38. The van der Waals surface area contributed by atoms with Crippen molar-refractivity contribution in [2.75, 3.05) is 11.1 Å². The number of aromatic nitrogens is 3. The maximum atomic E-state index is 12.3. The van der Waals surface area contributed by atoms with Gasteiger partial charge in [-0.2, -0.15) is 0 Å². The lowest BCUT2D eigenvalue weighted by Crippen LogP contribution is -2.16. The fraction of sp³-hybridized carbons (Fsp3) is 0.211. The van der Waals surface area contributed by atoms with Gasteiger partial charge in [-0.05, 0) is 25.0 Å². The SMILES string of the molecule is Cc1cccc(C)c1NC(=O)CSc1nnc(-c2ccccc2)n1C. The number of amides is 1. The minimum Gasteiger partial charge on any atom is -0.325 e. The van der Waals surface area contributed by atoms with Gasteiger partial charge in [-0.1, -0.05) is 60.3 Å². The number of hydrogen-bond acceptors (Lipinski definition) is 4. The second-order valence-corrected chi connectivity index (χ2v) is 6.78. The summed E-state index contributed by atoms with van der Waals surface area (Å²) in [5, 5.41) is 12.1. The highest BCUT2D eigenvalue weighted by atomic mass is 32.2. The molecular weight excluding hydrogens is 332 g/mol. The number of carbonyl (C=O) groups excluding carboxylic acids is 1. The Balaban J connectivity index is 1.66. The van der Waals surface area contributed by atoms with E-state index in [0.29, 0.717) is 0 Å². The van der Waals surface area contributed by atoms with Crippen molar-refractivity contribution in [2.45, 2.75) is 19.0 Å². The lowest BCUT2D eigenvalue weighted by atomic mass is 10.1. The van der Waals surface area contributed by atoms with Crippen LogP contribution in [0.4, 0.5) is 5.69 Å². The molecular formula is C19H20N4OS. The lowest BCUT2D eigenvalue weighted by molar-refractivity contribution is -0.113. The smallest absolute Gasteiger partial charge is 0.234 e. The number of anilines is 1. The molecule has 6 heteroatoms. The van der Waals surface area contributed by atoms with Crippen LogP contribution in [-0.4, -0.2) is 26.4 Å². The molecule has 1 amide bonds. The van der Waals surface area contributed by atoms with Crippen molar-refractivity contribution < 1.29 is 4.79 Å². The van der Waals surface area contributed by atoms with Crippen LogP contribution in [0.5, 0.6) is 0 Å². The van der Waals surface area contributed by atoms with Gasteiger partial charge in [-0.15, -0.1) is 10.2 Å². The predicted octanol–water partition coefficient (Wildman–Crippen LogP) is 3.83. The number of benzene rings is 2. The highest BCUT2D eigenvalue weighted by Gasteiger charge is 2.13. The molecule has 25 heavy (non-hydrogen) atoms. The Morgan fingerprint density at radius 3 is 2.40 bits per heavy atom. The number of carbonyl (C=O) groups is 1. The molecule has 0 spiro atoms. The summed E-state index contributed by atoms with van der Waals surface area (Å²) in [7, 11) is 1.91. The molecule has 1 aromatic heterocycles. The van der Waals surface area contributed by atoms with Gasteiger partial charge in [-0.3, -0.25) is 4.79 Å². The molecule has 0 saturated heterocycles. The van der Waals surface area contributed by atoms with Gasteiger partial charge in [0.15, 0.2) is 11.0 Å². The van der Waals surface area contributed by atoms with Gasteiger partial charge in [0, 0.05) is 18.3 Å². The van der Waals surface area contributed by atoms with Gasteiger partial charge in [0.1, 0.15) is 0 Å². The van der Waals surface area contributed by atoms with Crippen molar-refractivity contribution in [1.82, 2.24) is 14.8 Å². The molecule has 1 N–H and O–H groups in total. The van der Waals surface area contributed by atoms with Crippen LogP contribution in [0.3, 0.4) is 0 Å². The average Bonchev–Trinajstić information content (AvgIpc) is 2.98. The van der Waals surface area contributed by atoms with E-state index < -0.39 is 0 Å². The van der Waals surface area contributed by atoms with Crippen LogP contribution in [0.1, 0.15) is 11.1 Å². The topological polar surface area (TPSA) is 59.8 Å². The number of rotatable bonds is 5. The highest BCUT2D eigenvalue weighted by molar-refractivity contribution is 7.99. The zero-order valence-corrected chi connectivity index (χ0v) is 15.3. The van der Waals surface area contributed by atoms with Crippen LogP contribution in [0, 0.1) is 13.8 Å². The van der Waals surface area contributed by atoms with Crippen LogP contribution in [0.15, 0.2) is 53.7 Å². The number of aryl methyl sites for hydroxylation is 2. The largest absolute Gasteiger partial charge is 0.325 e. The van der Waals surface area contributed by atoms with Crippen LogP contribution >= 0.6 is 11.8 Å². The standard InChI is InChI=1S/C19H20N4OS/c1-13-8-7-9-14(2)17(13)20-16(24)12-25-19-22-21-18(23(19)3)15-10-5-4-6-11-15/h4-11H,12H2,1-3H3,(H,20,24). The second-order valence-electron chi connectivity index (χ2n) is 5.83. The Bertz CT molecular complexity index is 869. The van der Waals surface area contributed by atoms with E-state index >= 15 is 0 Å². The average molecular weight is 352 g/mol. The first-order chi connectivity index (χ1) is 12.1. The van der Waals surface area contributed by atoms with Crippen LogP contribution in [-0.2, 0) is 11.8 Å². The number of nitrogens with one attached hydrogen (secondary N) is 1. The minimum absolute atomic E-state index is 0.0494. The first-order valence-electron chi connectivity index (χ1n) is 8.00. The number of thioether (sulfide) groups is 1. The quantitative estimate of drug-likeness (QED) is 0.709. The molecule has 0 aliphatic carbocycles. The normalized spacial score (nSPS) is 10.7. The van der Waals surface area contributed by atoms with Crippen molar-refractivity contribution in [3.8, 4) is 11.4 Å². The van der Waals surface area contributed by atoms with E-state index in [1.807, 2.05) is 74.0 Å². The minimum atomic E-state index is -0.0494. The summed E-state index contributed by atoms with van der Waals surface area (Å²) in [4.78, 5) is 12.3. The fourth-order valence-electron chi connectivity index (χ4n) is 2.60. The van der Waals surface area contributed by atoms with E-state index in [0.717, 1.165) is 33.4 Å². The molecule has 0 atom stereocenters. The predicted molar refractivity (Wildman–Crippen MR) is 102 cm³/mol. The van der Waals surface area contributed by atoms with Crippen molar-refractivity contribution in [3.63, 3.8) is 0 Å². The van der Waals surface area contributed by atoms with Gasteiger partial charge in [0.05, 0.1) is 5.75 Å². The maximum Gasteiger partial charge on any atom is 0.234 e. The van der Waals surface area contributed by atoms with E-state index in [-0.39, 0.29) is 11.7 Å². The van der Waals surface area contributed by atoms with Crippen molar-refractivity contribution in [3.05, 3.63) is 59.7 Å². The third-order valence-corrected chi connectivity index (χ3v) is 4.97. The molecule has 0 saturated carbocycles. The van der Waals surface area contributed by atoms with Crippen molar-refractivity contribution in [1.29, 1.82) is 0 Å². The highest BCUT2D eigenvalue weighted by Crippen LogP contribution is 2.23. The van der Waals surface area contributed by atoms with E-state index in [9.17, 15) is 4.79 Å². The summed E-state index contributed by atoms with van der Waals surface area (Å²) < 4.78 is 1.91. The van der Waals surface area contributed by atoms with E-state index in [4.69, 9.17) is 0 Å². The lowest BCUT2D eigenvalue weighted by Gasteiger charge is -2.11. The van der Waals surface area contributed by atoms with Crippen molar-refractivity contribution >= 4 is 23.4 Å². The molecule has 0 radical (unpaired) electrons. The molecule has 3 rings (SSSR count). The van der Waals surface area contributed by atoms with Gasteiger partial charge >= 0.3 is 0 Å². The molecule has 0 fully saturated rings. The van der Waals surface area contributed by atoms with Gasteiger partial charge < -0.3 is 9.88 Å². The summed E-state index contributed by atoms with van der Waals surface area (Å²) in [6.07, 6.45) is 0. The van der Waals surface area contributed by atoms with E-state index in [1.165, 1.54) is 11.8 Å². The molecule has 0 aliphatic rings. The van der Waals surface area contributed by atoms with E-state index in [2.05, 4.69) is 15.5 Å². The monoisotopic (exact) mass is 352 g/mol. The fourth-order valence-corrected chi connectivity index (χ4v) is 3.31. The Kier molecular flexibility index (Phi) is 5.19. The number of nitrogens with zero attached hydrogens (tertiary/aromatic N) is 3. The number of hydrogen-bond donors (Lipinski definition) is 1. The summed E-state index contributed by atoms with van der Waals surface area (Å²) in [5.74, 6) is 1.03. The summed E-state index contributed by atoms with van der Waals surface area (Å²) in [6.45, 7) is 3.98. The third-order valence-electron chi connectivity index (χ3n) is 3.94. The van der Waals surface area contributed by atoms with Crippen LogP contribution in [0.25, 0.3) is 11.4 Å². The molecule has 0 aliphatic heterocycles. The van der Waals surface area contributed by atoms with Gasteiger partial charge in [-0.25, -0.2) is 0 Å². The third kappa shape index (κ3) is 3.91. The molecule has 0 unspecified atom stereocenters. The summed E-state index contributed by atoms with van der Waals surface area (Å²) in [5.41, 5.74) is 4.01. The van der Waals surface area contributed by atoms with E-state index in [1.54, 1.807) is 0 Å². The second kappa shape index (κ2) is 7.53. The number of para-hydroxylation sites is 1. The molecule has 128 valence electrons. The Morgan fingerprint density at radius 1 is 1.04 bits per heavy atom. The Morgan fingerprint density at radius 2 is 1.72 bits per heavy atom. The zero-order valence-electron chi connectivity index (χ0n) is 14.5. The first kappa shape index (κ1) is 17.2. The van der Waals surface area contributed by atoms with Crippen molar-refractivity contribution in [2.24, 2.45) is 7.05 Å².